The molecule has 0 spiro atoms. The summed E-state index contributed by atoms with van der Waals surface area (Å²) in [4.78, 5) is 14.3. The van der Waals surface area contributed by atoms with E-state index in [0.29, 0.717) is 12.2 Å². The van der Waals surface area contributed by atoms with Gasteiger partial charge in [-0.1, -0.05) is 58.9 Å². The second-order valence-electron chi connectivity index (χ2n) is 7.95. The van der Waals surface area contributed by atoms with Crippen LogP contribution in [-0.4, -0.2) is 29.2 Å². The number of anilines is 1. The van der Waals surface area contributed by atoms with E-state index in [2.05, 4.69) is 57.0 Å². The van der Waals surface area contributed by atoms with Crippen molar-refractivity contribution < 1.29 is 14.6 Å². The van der Waals surface area contributed by atoms with E-state index < -0.39 is 6.09 Å². The summed E-state index contributed by atoms with van der Waals surface area (Å²) in [5.41, 5.74) is 3.66. The van der Waals surface area contributed by atoms with Crippen molar-refractivity contribution in [1.29, 1.82) is 0 Å². The molecule has 5 heteroatoms. The first kappa shape index (κ1) is 21.8. The first-order chi connectivity index (χ1) is 13.2. The second kappa shape index (κ2) is 9.60. The van der Waals surface area contributed by atoms with Gasteiger partial charge in [0.05, 0.1) is 0 Å². The first-order valence-electron chi connectivity index (χ1n) is 9.80. The van der Waals surface area contributed by atoms with Gasteiger partial charge < -0.3 is 9.84 Å². The van der Waals surface area contributed by atoms with Gasteiger partial charge in [-0.25, -0.2) is 4.79 Å². The maximum Gasteiger partial charge on any atom is 0.411 e. The molecule has 0 aliphatic heterocycles. The highest BCUT2D eigenvalue weighted by Crippen LogP contribution is 2.24. The van der Waals surface area contributed by atoms with Gasteiger partial charge in [-0.05, 0) is 47.8 Å². The minimum Gasteiger partial charge on any atom is -0.508 e. The van der Waals surface area contributed by atoms with Crippen LogP contribution in [-0.2, 0) is 23.3 Å². The van der Waals surface area contributed by atoms with Crippen molar-refractivity contribution in [3.05, 3.63) is 59.2 Å². The fourth-order valence-electron chi connectivity index (χ4n) is 2.88. The number of benzene rings is 2. The number of nitrogens with zero attached hydrogens (tertiary/aromatic N) is 1. The molecule has 0 aliphatic rings. The molecule has 0 fully saturated rings. The standard InChI is InChI=1S/C23H32N2O3/c1-6-25(7-2)15-18-14-20(12-13-21(18)26)24-22(27)28-16-17-8-10-19(11-9-17)23(3,4)5/h8-14,26H,6-7,15-16H2,1-5H3,(H,24,27). The summed E-state index contributed by atoms with van der Waals surface area (Å²) in [5, 5.41) is 12.8. The molecule has 0 heterocycles. The monoisotopic (exact) mass is 384 g/mol. The number of carbonyl (C=O) groups excluding carboxylic acids is 1. The molecule has 2 aromatic rings. The highest BCUT2D eigenvalue weighted by atomic mass is 16.5. The highest BCUT2D eigenvalue weighted by molar-refractivity contribution is 5.84. The molecule has 5 nitrogen and oxygen atoms in total. The Kier molecular flexibility index (Phi) is 7.46. The summed E-state index contributed by atoms with van der Waals surface area (Å²) in [6, 6.07) is 13.1. The van der Waals surface area contributed by atoms with Crippen LogP contribution < -0.4 is 5.32 Å². The number of carbonyl (C=O) groups is 1. The van der Waals surface area contributed by atoms with E-state index in [-0.39, 0.29) is 17.8 Å². The fourth-order valence-corrected chi connectivity index (χ4v) is 2.88. The third kappa shape index (κ3) is 6.27. The molecule has 0 bridgehead atoms. The van der Waals surface area contributed by atoms with Gasteiger partial charge in [0.25, 0.3) is 0 Å². The number of aromatic hydroxyl groups is 1. The van der Waals surface area contributed by atoms with Crippen LogP contribution in [0.5, 0.6) is 5.75 Å². The Morgan fingerprint density at radius 3 is 2.29 bits per heavy atom. The van der Waals surface area contributed by atoms with Crippen molar-refractivity contribution in [2.24, 2.45) is 0 Å². The molecule has 2 N–H and O–H groups in total. The van der Waals surface area contributed by atoms with E-state index in [1.807, 2.05) is 12.1 Å². The average Bonchev–Trinajstić information content (AvgIpc) is 2.66. The Bertz CT molecular complexity index is 775. The number of rotatable bonds is 7. The van der Waals surface area contributed by atoms with Gasteiger partial charge in [0.15, 0.2) is 0 Å². The minimum absolute atomic E-state index is 0.0957. The molecule has 0 unspecified atom stereocenters. The van der Waals surface area contributed by atoms with Crippen molar-refractivity contribution in [3.63, 3.8) is 0 Å². The van der Waals surface area contributed by atoms with Crippen molar-refractivity contribution in [2.75, 3.05) is 18.4 Å². The minimum atomic E-state index is -0.514. The first-order valence-corrected chi connectivity index (χ1v) is 9.80. The van der Waals surface area contributed by atoms with Crippen LogP contribution in [0.3, 0.4) is 0 Å². The number of phenols is 1. The van der Waals surface area contributed by atoms with Gasteiger partial charge in [-0.15, -0.1) is 0 Å². The Hall–Kier alpha value is -2.53. The molecular weight excluding hydrogens is 352 g/mol. The Balaban J connectivity index is 1.94. The number of hydrogen-bond donors (Lipinski definition) is 2. The highest BCUT2D eigenvalue weighted by Gasteiger charge is 2.13. The number of amides is 1. The maximum atomic E-state index is 12.1. The largest absolute Gasteiger partial charge is 0.508 e. The van der Waals surface area contributed by atoms with Crippen molar-refractivity contribution in [1.82, 2.24) is 4.90 Å². The van der Waals surface area contributed by atoms with Crippen LogP contribution in [0, 0.1) is 0 Å². The zero-order valence-electron chi connectivity index (χ0n) is 17.6. The third-order valence-corrected chi connectivity index (χ3v) is 4.80. The van der Waals surface area contributed by atoms with Crippen LogP contribution in [0.1, 0.15) is 51.3 Å². The maximum absolute atomic E-state index is 12.1. The van der Waals surface area contributed by atoms with Crippen LogP contribution in [0.15, 0.2) is 42.5 Å². The van der Waals surface area contributed by atoms with Crippen molar-refractivity contribution in [3.8, 4) is 5.75 Å². The lowest BCUT2D eigenvalue weighted by atomic mass is 9.87. The SMILES string of the molecule is CCN(CC)Cc1cc(NC(=O)OCc2ccc(C(C)(C)C)cc2)ccc1O. The topological polar surface area (TPSA) is 61.8 Å². The quantitative estimate of drug-likeness (QED) is 0.638. The number of ether oxygens (including phenoxy) is 1. The van der Waals surface area contributed by atoms with Gasteiger partial charge in [0.2, 0.25) is 0 Å². The lowest BCUT2D eigenvalue weighted by Crippen LogP contribution is -2.22. The van der Waals surface area contributed by atoms with E-state index in [1.165, 1.54) is 5.56 Å². The van der Waals surface area contributed by atoms with E-state index in [0.717, 1.165) is 24.2 Å². The van der Waals surface area contributed by atoms with Crippen LogP contribution in [0.4, 0.5) is 10.5 Å². The van der Waals surface area contributed by atoms with E-state index in [9.17, 15) is 9.90 Å². The molecule has 0 aromatic heterocycles. The molecule has 2 aromatic carbocycles. The molecule has 0 radical (unpaired) electrons. The molecule has 28 heavy (non-hydrogen) atoms. The molecule has 0 saturated heterocycles. The van der Waals surface area contributed by atoms with Gasteiger partial charge in [-0.3, -0.25) is 10.2 Å². The molecule has 0 saturated carbocycles. The lowest BCUT2D eigenvalue weighted by molar-refractivity contribution is 0.155. The lowest BCUT2D eigenvalue weighted by Gasteiger charge is -2.19. The smallest absolute Gasteiger partial charge is 0.411 e. The average molecular weight is 385 g/mol. The molecule has 152 valence electrons. The summed E-state index contributed by atoms with van der Waals surface area (Å²) in [5.74, 6) is 0.227. The van der Waals surface area contributed by atoms with Crippen LogP contribution >= 0.6 is 0 Å². The zero-order chi connectivity index (χ0) is 20.7. The molecule has 2 rings (SSSR count). The van der Waals surface area contributed by atoms with Crippen molar-refractivity contribution >= 4 is 11.8 Å². The van der Waals surface area contributed by atoms with E-state index >= 15 is 0 Å². The van der Waals surface area contributed by atoms with E-state index in [1.54, 1.807) is 18.2 Å². The molecule has 0 atom stereocenters. The predicted octanol–water partition coefficient (Wildman–Crippen LogP) is 5.28. The summed E-state index contributed by atoms with van der Waals surface area (Å²) in [6.07, 6.45) is -0.514. The Labute approximate surface area is 168 Å². The summed E-state index contributed by atoms with van der Waals surface area (Å²) >= 11 is 0. The van der Waals surface area contributed by atoms with Gasteiger partial charge >= 0.3 is 6.09 Å². The van der Waals surface area contributed by atoms with Gasteiger partial charge in [0.1, 0.15) is 12.4 Å². The summed E-state index contributed by atoms with van der Waals surface area (Å²) in [6.45, 7) is 13.3. The molecule has 0 aliphatic carbocycles. The molecule has 1 amide bonds. The van der Waals surface area contributed by atoms with Crippen molar-refractivity contribution in [2.45, 2.75) is 53.2 Å². The summed E-state index contributed by atoms with van der Waals surface area (Å²) in [7, 11) is 0. The Morgan fingerprint density at radius 2 is 1.71 bits per heavy atom. The normalized spacial score (nSPS) is 11.5. The van der Waals surface area contributed by atoms with E-state index in [4.69, 9.17) is 4.74 Å². The predicted molar refractivity (Wildman–Crippen MR) is 114 cm³/mol. The number of nitrogens with one attached hydrogen (secondary N) is 1. The fraction of sp³-hybridized carbons (Fsp3) is 0.435. The number of phenolic OH excluding ortho intramolecular Hbond substituents is 1. The van der Waals surface area contributed by atoms with Gasteiger partial charge in [-0.2, -0.15) is 0 Å². The van der Waals surface area contributed by atoms with Crippen LogP contribution in [0.25, 0.3) is 0 Å². The zero-order valence-corrected chi connectivity index (χ0v) is 17.6. The van der Waals surface area contributed by atoms with Crippen LogP contribution in [0.2, 0.25) is 0 Å². The second-order valence-corrected chi connectivity index (χ2v) is 7.95. The summed E-state index contributed by atoms with van der Waals surface area (Å²) < 4.78 is 5.33. The third-order valence-electron chi connectivity index (χ3n) is 4.80. The molecular formula is C23H32N2O3. The number of hydrogen-bond acceptors (Lipinski definition) is 4. The Morgan fingerprint density at radius 1 is 1.07 bits per heavy atom. The van der Waals surface area contributed by atoms with Gasteiger partial charge in [0, 0.05) is 17.8 Å².